The predicted octanol–water partition coefficient (Wildman–Crippen LogP) is 2.94. The van der Waals surface area contributed by atoms with Gasteiger partial charge >= 0.3 is 12.0 Å². The molecule has 1 unspecified atom stereocenters. The lowest BCUT2D eigenvalue weighted by Gasteiger charge is -2.18. The van der Waals surface area contributed by atoms with E-state index in [1.165, 1.54) is 11.7 Å². The Labute approximate surface area is 190 Å². The maximum Gasteiger partial charge on any atom is 0.360 e. The molecule has 1 atom stereocenters. The largest absolute Gasteiger partial charge is 0.442 e. The van der Waals surface area contributed by atoms with Crippen molar-refractivity contribution >= 4 is 28.7 Å². The standard InChI is InChI=1S/C24H26N4O5/c1-3-4-10-15-28-22(30)18-14-9-8-13-17(18)19(27-28)23(31)33-20(16-11-6-5-7-12-16)21(29)26-24(32)25-2/h5-9,11-14,20H,3-4,10,15H2,1-2H3,(H2,25,26,29,32). The normalized spacial score (nSPS) is 11.6. The van der Waals surface area contributed by atoms with Gasteiger partial charge < -0.3 is 10.1 Å². The Hall–Kier alpha value is -4.01. The van der Waals surface area contributed by atoms with Gasteiger partial charge in [0.15, 0.2) is 5.69 Å². The minimum absolute atomic E-state index is 0.0737. The van der Waals surface area contributed by atoms with Gasteiger partial charge in [0.2, 0.25) is 6.10 Å². The molecule has 33 heavy (non-hydrogen) atoms. The number of ether oxygens (including phenoxy) is 1. The first kappa shape index (κ1) is 23.6. The summed E-state index contributed by atoms with van der Waals surface area (Å²) in [5, 5.41) is 9.36. The minimum atomic E-state index is -1.39. The number of hydrogen-bond donors (Lipinski definition) is 2. The third-order valence-electron chi connectivity index (χ3n) is 5.06. The molecule has 0 saturated heterocycles. The van der Waals surface area contributed by atoms with E-state index in [0.29, 0.717) is 22.9 Å². The number of benzene rings is 2. The molecule has 0 aliphatic carbocycles. The molecule has 0 saturated carbocycles. The highest BCUT2D eigenvalue weighted by Gasteiger charge is 2.29. The monoisotopic (exact) mass is 450 g/mol. The quantitative estimate of drug-likeness (QED) is 0.402. The third kappa shape index (κ3) is 5.62. The minimum Gasteiger partial charge on any atom is -0.442 e. The van der Waals surface area contributed by atoms with Crippen LogP contribution in [0.4, 0.5) is 4.79 Å². The molecule has 0 radical (unpaired) electrons. The molecule has 3 aromatic rings. The highest BCUT2D eigenvalue weighted by Crippen LogP contribution is 2.22. The van der Waals surface area contributed by atoms with Crippen LogP contribution in [-0.4, -0.2) is 34.7 Å². The van der Waals surface area contributed by atoms with Crippen LogP contribution in [0.15, 0.2) is 59.4 Å². The fourth-order valence-corrected chi connectivity index (χ4v) is 3.35. The number of amides is 3. The number of carbonyl (C=O) groups excluding carboxylic acids is 3. The van der Waals surface area contributed by atoms with Gasteiger partial charge in [-0.15, -0.1) is 0 Å². The number of unbranched alkanes of at least 4 members (excludes halogenated alkanes) is 2. The van der Waals surface area contributed by atoms with Crippen LogP contribution < -0.4 is 16.2 Å². The van der Waals surface area contributed by atoms with E-state index in [1.54, 1.807) is 54.6 Å². The van der Waals surface area contributed by atoms with Crippen LogP contribution in [0.25, 0.3) is 10.8 Å². The Kier molecular flexibility index (Phi) is 7.91. The number of rotatable bonds is 8. The van der Waals surface area contributed by atoms with Gasteiger partial charge in [-0.2, -0.15) is 5.10 Å². The molecule has 0 aliphatic rings. The van der Waals surface area contributed by atoms with Crippen LogP contribution in [0.1, 0.15) is 48.3 Å². The van der Waals surface area contributed by atoms with E-state index in [-0.39, 0.29) is 11.3 Å². The Balaban J connectivity index is 2.00. The molecule has 2 N–H and O–H groups in total. The second-order valence-corrected chi connectivity index (χ2v) is 7.39. The van der Waals surface area contributed by atoms with E-state index in [1.807, 2.05) is 6.92 Å². The topological polar surface area (TPSA) is 119 Å². The maximum absolute atomic E-state index is 13.2. The molecule has 172 valence electrons. The number of fused-ring (bicyclic) bond motifs is 1. The molecule has 1 heterocycles. The summed E-state index contributed by atoms with van der Waals surface area (Å²) in [6.07, 6.45) is 1.22. The summed E-state index contributed by atoms with van der Waals surface area (Å²) in [4.78, 5) is 50.4. The SMILES string of the molecule is CCCCCn1nc(C(=O)OC(C(=O)NC(=O)NC)c2ccccc2)c2ccccc2c1=O. The number of nitrogens with one attached hydrogen (secondary N) is 2. The van der Waals surface area contributed by atoms with Gasteiger partial charge in [-0.25, -0.2) is 14.3 Å². The number of urea groups is 1. The molecule has 3 amide bonds. The van der Waals surface area contributed by atoms with Crippen LogP contribution in [0, 0.1) is 0 Å². The number of nitrogens with zero attached hydrogens (tertiary/aromatic N) is 2. The fraction of sp³-hybridized carbons (Fsp3) is 0.292. The van der Waals surface area contributed by atoms with Crippen molar-refractivity contribution in [3.8, 4) is 0 Å². The molecule has 1 aromatic heterocycles. The summed E-state index contributed by atoms with van der Waals surface area (Å²) in [5.41, 5.74) is 0.0124. The van der Waals surface area contributed by atoms with Gasteiger partial charge in [0, 0.05) is 24.5 Å². The Morgan fingerprint density at radius 2 is 1.67 bits per heavy atom. The Bertz CT molecular complexity index is 1210. The summed E-state index contributed by atoms with van der Waals surface area (Å²) < 4.78 is 6.81. The highest BCUT2D eigenvalue weighted by molar-refractivity contribution is 6.04. The van der Waals surface area contributed by atoms with Crippen molar-refractivity contribution in [2.75, 3.05) is 7.05 Å². The highest BCUT2D eigenvalue weighted by atomic mass is 16.5. The lowest BCUT2D eigenvalue weighted by atomic mass is 10.1. The van der Waals surface area contributed by atoms with Gasteiger partial charge in [-0.1, -0.05) is 68.3 Å². The van der Waals surface area contributed by atoms with E-state index in [4.69, 9.17) is 4.74 Å². The van der Waals surface area contributed by atoms with Crippen LogP contribution in [0.5, 0.6) is 0 Å². The number of aryl methyl sites for hydroxylation is 1. The zero-order valence-corrected chi connectivity index (χ0v) is 18.5. The zero-order valence-electron chi connectivity index (χ0n) is 18.5. The molecular formula is C24H26N4O5. The molecule has 9 heteroatoms. The number of esters is 1. The summed E-state index contributed by atoms with van der Waals surface area (Å²) in [5.74, 6) is -1.69. The number of carbonyl (C=O) groups is 3. The Morgan fingerprint density at radius 3 is 2.33 bits per heavy atom. The first-order valence-corrected chi connectivity index (χ1v) is 10.7. The summed E-state index contributed by atoms with van der Waals surface area (Å²) in [7, 11) is 1.37. The molecule has 0 bridgehead atoms. The van der Waals surface area contributed by atoms with Crippen molar-refractivity contribution in [1.29, 1.82) is 0 Å². The molecular weight excluding hydrogens is 424 g/mol. The van der Waals surface area contributed by atoms with Crippen LogP contribution >= 0.6 is 0 Å². The van der Waals surface area contributed by atoms with Gasteiger partial charge in [0.05, 0.1) is 5.39 Å². The first-order chi connectivity index (χ1) is 16.0. The zero-order chi connectivity index (χ0) is 23.8. The third-order valence-corrected chi connectivity index (χ3v) is 5.06. The van der Waals surface area contributed by atoms with Crippen molar-refractivity contribution in [3.05, 3.63) is 76.2 Å². The van der Waals surface area contributed by atoms with Crippen LogP contribution in [-0.2, 0) is 16.1 Å². The lowest BCUT2D eigenvalue weighted by Crippen LogP contribution is -2.41. The maximum atomic E-state index is 13.2. The van der Waals surface area contributed by atoms with Crippen molar-refractivity contribution in [3.63, 3.8) is 0 Å². The first-order valence-electron chi connectivity index (χ1n) is 10.7. The molecule has 0 fully saturated rings. The van der Waals surface area contributed by atoms with Gasteiger partial charge in [0.1, 0.15) is 0 Å². The molecule has 0 aliphatic heterocycles. The average molecular weight is 450 g/mol. The van der Waals surface area contributed by atoms with E-state index < -0.39 is 24.0 Å². The molecule has 0 spiro atoms. The predicted molar refractivity (Wildman–Crippen MR) is 123 cm³/mol. The number of imide groups is 1. The number of hydrogen-bond acceptors (Lipinski definition) is 6. The van der Waals surface area contributed by atoms with E-state index in [0.717, 1.165) is 19.3 Å². The molecule has 2 aromatic carbocycles. The van der Waals surface area contributed by atoms with E-state index in [2.05, 4.69) is 15.7 Å². The smallest absolute Gasteiger partial charge is 0.360 e. The van der Waals surface area contributed by atoms with Crippen molar-refractivity contribution < 1.29 is 19.1 Å². The van der Waals surface area contributed by atoms with Gasteiger partial charge in [-0.05, 0) is 12.5 Å². The summed E-state index contributed by atoms with van der Waals surface area (Å²) in [6.45, 7) is 2.41. The second-order valence-electron chi connectivity index (χ2n) is 7.39. The fourth-order valence-electron chi connectivity index (χ4n) is 3.35. The molecule has 9 nitrogen and oxygen atoms in total. The van der Waals surface area contributed by atoms with Crippen LogP contribution in [0.3, 0.4) is 0 Å². The number of aromatic nitrogens is 2. The second kappa shape index (κ2) is 11.0. The summed E-state index contributed by atoms with van der Waals surface area (Å²) >= 11 is 0. The van der Waals surface area contributed by atoms with E-state index >= 15 is 0 Å². The van der Waals surface area contributed by atoms with E-state index in [9.17, 15) is 19.2 Å². The lowest BCUT2D eigenvalue weighted by molar-refractivity contribution is -0.129. The average Bonchev–Trinajstić information content (AvgIpc) is 2.84. The molecule has 3 rings (SSSR count). The summed E-state index contributed by atoms with van der Waals surface area (Å²) in [6, 6.07) is 14.2. The van der Waals surface area contributed by atoms with Crippen molar-refractivity contribution in [2.24, 2.45) is 0 Å². The Morgan fingerprint density at radius 1 is 1.00 bits per heavy atom. The van der Waals surface area contributed by atoms with Crippen molar-refractivity contribution in [2.45, 2.75) is 38.8 Å². The van der Waals surface area contributed by atoms with Crippen LogP contribution in [0.2, 0.25) is 0 Å². The van der Waals surface area contributed by atoms with Gasteiger partial charge in [-0.3, -0.25) is 14.9 Å². The van der Waals surface area contributed by atoms with Gasteiger partial charge in [0.25, 0.3) is 11.5 Å². The van der Waals surface area contributed by atoms with Crippen molar-refractivity contribution in [1.82, 2.24) is 20.4 Å².